The van der Waals surface area contributed by atoms with Crippen LogP contribution in [0.15, 0.2) is 6.07 Å². The van der Waals surface area contributed by atoms with Gasteiger partial charge in [0.05, 0.1) is 5.69 Å². The minimum absolute atomic E-state index is 0.116. The van der Waals surface area contributed by atoms with E-state index >= 15 is 0 Å². The number of carbonyl (C=O) groups is 1. The summed E-state index contributed by atoms with van der Waals surface area (Å²) < 4.78 is 39.5. The fourth-order valence-electron chi connectivity index (χ4n) is 2.80. The van der Waals surface area contributed by atoms with Gasteiger partial charge in [0.1, 0.15) is 0 Å². The van der Waals surface area contributed by atoms with Crippen molar-refractivity contribution in [2.45, 2.75) is 38.0 Å². The SMILES string of the molecule is CNC(=O)NCC1CCCCN1Cc1cc(C(F)(F)F)nn1C. The summed E-state index contributed by atoms with van der Waals surface area (Å²) in [6.07, 6.45) is -1.47. The molecule has 2 heterocycles. The van der Waals surface area contributed by atoms with Crippen LogP contribution in [-0.4, -0.2) is 46.9 Å². The van der Waals surface area contributed by atoms with Gasteiger partial charge in [-0.2, -0.15) is 18.3 Å². The van der Waals surface area contributed by atoms with E-state index in [-0.39, 0.29) is 12.1 Å². The highest BCUT2D eigenvalue weighted by molar-refractivity contribution is 5.73. The molecule has 1 saturated heterocycles. The maximum absolute atomic E-state index is 12.7. The molecule has 1 fully saturated rings. The lowest BCUT2D eigenvalue weighted by Crippen LogP contribution is -2.47. The minimum atomic E-state index is -4.43. The third-order valence-electron chi connectivity index (χ3n) is 4.11. The molecule has 0 saturated carbocycles. The molecule has 23 heavy (non-hydrogen) atoms. The Morgan fingerprint density at radius 2 is 2.17 bits per heavy atom. The number of piperidine rings is 1. The Kier molecular flexibility index (Phi) is 5.51. The number of alkyl halides is 3. The Labute approximate surface area is 133 Å². The summed E-state index contributed by atoms with van der Waals surface area (Å²) in [6, 6.07) is 0.957. The molecule has 1 unspecified atom stereocenters. The van der Waals surface area contributed by atoms with Crippen LogP contribution in [0.4, 0.5) is 18.0 Å². The molecule has 130 valence electrons. The molecule has 2 N–H and O–H groups in total. The Balaban J connectivity index is 2.04. The number of halogens is 3. The van der Waals surface area contributed by atoms with Crippen LogP contribution in [-0.2, 0) is 19.8 Å². The number of likely N-dealkylation sites (tertiary alicyclic amines) is 1. The Morgan fingerprint density at radius 1 is 1.43 bits per heavy atom. The molecule has 1 aliphatic rings. The second-order valence-corrected chi connectivity index (χ2v) is 5.72. The minimum Gasteiger partial charge on any atom is -0.341 e. The van der Waals surface area contributed by atoms with Crippen molar-refractivity contribution in [2.75, 3.05) is 20.1 Å². The van der Waals surface area contributed by atoms with E-state index in [0.29, 0.717) is 18.8 Å². The van der Waals surface area contributed by atoms with Crippen molar-refractivity contribution in [3.05, 3.63) is 17.5 Å². The molecule has 6 nitrogen and oxygen atoms in total. The van der Waals surface area contributed by atoms with E-state index in [2.05, 4.69) is 20.6 Å². The molecule has 1 aliphatic heterocycles. The lowest BCUT2D eigenvalue weighted by molar-refractivity contribution is -0.141. The van der Waals surface area contributed by atoms with Gasteiger partial charge in [-0.25, -0.2) is 4.79 Å². The highest BCUT2D eigenvalue weighted by Gasteiger charge is 2.35. The molecule has 0 aliphatic carbocycles. The van der Waals surface area contributed by atoms with Crippen LogP contribution < -0.4 is 10.6 Å². The topological polar surface area (TPSA) is 62.2 Å². The van der Waals surface area contributed by atoms with Gasteiger partial charge in [0, 0.05) is 33.2 Å². The van der Waals surface area contributed by atoms with Crippen molar-refractivity contribution in [2.24, 2.45) is 7.05 Å². The van der Waals surface area contributed by atoms with E-state index < -0.39 is 11.9 Å². The summed E-state index contributed by atoms with van der Waals surface area (Å²) in [6.45, 7) is 1.66. The number of rotatable bonds is 4. The molecule has 0 aromatic carbocycles. The van der Waals surface area contributed by atoms with Crippen LogP contribution in [0.1, 0.15) is 30.7 Å². The standard InChI is InChI=1S/C14H22F3N5O/c1-18-13(23)19-8-10-5-3-4-6-22(10)9-11-7-12(14(15,16)17)20-21(11)2/h7,10H,3-6,8-9H2,1-2H3,(H2,18,19,23). The Bertz CT molecular complexity index is 543. The first kappa shape index (κ1) is 17.6. The molecule has 1 aromatic rings. The summed E-state index contributed by atoms with van der Waals surface area (Å²) >= 11 is 0. The molecule has 1 atom stereocenters. The zero-order chi connectivity index (χ0) is 17.0. The molecule has 0 radical (unpaired) electrons. The fraction of sp³-hybridized carbons (Fsp3) is 0.714. The van der Waals surface area contributed by atoms with E-state index in [4.69, 9.17) is 0 Å². The van der Waals surface area contributed by atoms with Crippen molar-refractivity contribution in [3.8, 4) is 0 Å². The van der Waals surface area contributed by atoms with Crippen molar-refractivity contribution in [1.82, 2.24) is 25.3 Å². The molecule has 0 bridgehead atoms. The lowest BCUT2D eigenvalue weighted by atomic mass is 10.0. The summed E-state index contributed by atoms with van der Waals surface area (Å²) in [5.41, 5.74) is -0.351. The fourth-order valence-corrected chi connectivity index (χ4v) is 2.80. The van der Waals surface area contributed by atoms with Crippen LogP contribution in [0.5, 0.6) is 0 Å². The number of hydrogen-bond donors (Lipinski definition) is 2. The van der Waals surface area contributed by atoms with E-state index in [0.717, 1.165) is 31.9 Å². The van der Waals surface area contributed by atoms with Crippen LogP contribution in [0.25, 0.3) is 0 Å². The van der Waals surface area contributed by atoms with Crippen LogP contribution >= 0.6 is 0 Å². The average molecular weight is 333 g/mol. The number of carbonyl (C=O) groups excluding carboxylic acids is 1. The zero-order valence-corrected chi connectivity index (χ0v) is 13.3. The van der Waals surface area contributed by atoms with E-state index in [1.54, 1.807) is 7.05 Å². The Morgan fingerprint density at radius 3 is 2.78 bits per heavy atom. The average Bonchev–Trinajstić information content (AvgIpc) is 2.87. The molecular weight excluding hydrogens is 311 g/mol. The van der Waals surface area contributed by atoms with Gasteiger partial charge in [-0.3, -0.25) is 9.58 Å². The van der Waals surface area contributed by atoms with Crippen LogP contribution in [0.2, 0.25) is 0 Å². The van der Waals surface area contributed by atoms with Gasteiger partial charge < -0.3 is 10.6 Å². The molecule has 0 spiro atoms. The summed E-state index contributed by atoms with van der Waals surface area (Å²) in [4.78, 5) is 13.4. The van der Waals surface area contributed by atoms with Crippen LogP contribution in [0.3, 0.4) is 0 Å². The maximum atomic E-state index is 12.7. The smallest absolute Gasteiger partial charge is 0.341 e. The summed E-state index contributed by atoms with van der Waals surface area (Å²) in [5.74, 6) is 0. The third kappa shape index (κ3) is 4.60. The lowest BCUT2D eigenvalue weighted by Gasteiger charge is -2.35. The normalized spacial score (nSPS) is 19.6. The number of nitrogens with one attached hydrogen (secondary N) is 2. The number of aromatic nitrogens is 2. The first-order valence-electron chi connectivity index (χ1n) is 7.61. The Hall–Kier alpha value is -1.77. The zero-order valence-electron chi connectivity index (χ0n) is 13.3. The van der Waals surface area contributed by atoms with Gasteiger partial charge in [0.2, 0.25) is 0 Å². The maximum Gasteiger partial charge on any atom is 0.435 e. The van der Waals surface area contributed by atoms with Crippen molar-refractivity contribution >= 4 is 6.03 Å². The van der Waals surface area contributed by atoms with Gasteiger partial charge in [-0.15, -0.1) is 0 Å². The predicted octanol–water partition coefficient (Wildman–Crippen LogP) is 1.72. The first-order chi connectivity index (χ1) is 10.8. The monoisotopic (exact) mass is 333 g/mol. The molecule has 2 rings (SSSR count). The predicted molar refractivity (Wildman–Crippen MR) is 78.7 cm³/mol. The summed E-state index contributed by atoms with van der Waals surface area (Å²) in [5, 5.41) is 8.80. The molecular formula is C14H22F3N5O. The largest absolute Gasteiger partial charge is 0.435 e. The highest BCUT2D eigenvalue weighted by atomic mass is 19.4. The second-order valence-electron chi connectivity index (χ2n) is 5.72. The van der Waals surface area contributed by atoms with Gasteiger partial charge in [0.25, 0.3) is 0 Å². The van der Waals surface area contributed by atoms with Crippen molar-refractivity contribution in [1.29, 1.82) is 0 Å². The van der Waals surface area contributed by atoms with Gasteiger partial charge in [-0.05, 0) is 25.5 Å². The van der Waals surface area contributed by atoms with Crippen molar-refractivity contribution < 1.29 is 18.0 Å². The van der Waals surface area contributed by atoms with E-state index in [1.807, 2.05) is 0 Å². The van der Waals surface area contributed by atoms with Crippen molar-refractivity contribution in [3.63, 3.8) is 0 Å². The molecule has 9 heteroatoms. The van der Waals surface area contributed by atoms with Gasteiger partial charge in [-0.1, -0.05) is 6.42 Å². The molecule has 1 aromatic heterocycles. The van der Waals surface area contributed by atoms with Crippen LogP contribution in [0, 0.1) is 0 Å². The number of hydrogen-bond acceptors (Lipinski definition) is 3. The van der Waals surface area contributed by atoms with Gasteiger partial charge in [0.15, 0.2) is 5.69 Å². The van der Waals surface area contributed by atoms with Gasteiger partial charge >= 0.3 is 12.2 Å². The summed E-state index contributed by atoms with van der Waals surface area (Å²) in [7, 11) is 3.06. The quantitative estimate of drug-likeness (QED) is 0.882. The van der Waals surface area contributed by atoms with E-state index in [9.17, 15) is 18.0 Å². The first-order valence-corrected chi connectivity index (χ1v) is 7.61. The number of aryl methyl sites for hydroxylation is 1. The number of amides is 2. The van der Waals surface area contributed by atoms with E-state index in [1.165, 1.54) is 11.7 Å². The number of nitrogens with zero attached hydrogens (tertiary/aromatic N) is 3. The number of urea groups is 1. The third-order valence-corrected chi connectivity index (χ3v) is 4.11. The molecule has 2 amide bonds. The highest BCUT2D eigenvalue weighted by Crippen LogP contribution is 2.29. The second kappa shape index (κ2) is 7.20.